The highest BCUT2D eigenvalue weighted by molar-refractivity contribution is 5.45. The number of anilines is 2. The number of hydrazine groups is 1. The lowest BCUT2D eigenvalue weighted by Gasteiger charge is -2.22. The molecule has 0 unspecified atom stereocenters. The van der Waals surface area contributed by atoms with Crippen LogP contribution in [0.25, 0.3) is 0 Å². The van der Waals surface area contributed by atoms with Gasteiger partial charge in [0.25, 0.3) is 0 Å². The second-order valence-corrected chi connectivity index (χ2v) is 3.73. The van der Waals surface area contributed by atoms with Gasteiger partial charge in [-0.15, -0.1) is 0 Å². The fourth-order valence-electron chi connectivity index (χ4n) is 1.50. The first-order valence-electron chi connectivity index (χ1n) is 5.71. The van der Waals surface area contributed by atoms with Crippen molar-refractivity contribution in [1.82, 2.24) is 9.97 Å². The van der Waals surface area contributed by atoms with Gasteiger partial charge in [-0.05, 0) is 13.3 Å². The summed E-state index contributed by atoms with van der Waals surface area (Å²) >= 11 is 0. The number of aliphatic hydroxyl groups excluding tert-OH is 1. The van der Waals surface area contributed by atoms with Gasteiger partial charge in [0, 0.05) is 25.8 Å². The van der Waals surface area contributed by atoms with Gasteiger partial charge in [0.05, 0.1) is 0 Å². The predicted octanol–water partition coefficient (Wildman–Crippen LogP) is 0.990. The van der Waals surface area contributed by atoms with Crippen LogP contribution in [0.5, 0.6) is 0 Å². The number of nitrogen functional groups attached to an aromatic ring is 1. The van der Waals surface area contributed by atoms with Crippen LogP contribution in [0.3, 0.4) is 0 Å². The summed E-state index contributed by atoms with van der Waals surface area (Å²) in [6.07, 6.45) is -4.13. The number of aromatic nitrogens is 2. The number of alkyl halides is 3. The van der Waals surface area contributed by atoms with Crippen LogP contribution in [-0.4, -0.2) is 34.8 Å². The predicted molar refractivity (Wildman–Crippen MR) is 64.4 cm³/mol. The summed E-state index contributed by atoms with van der Waals surface area (Å²) in [5, 5.41) is 8.77. The van der Waals surface area contributed by atoms with E-state index in [0.29, 0.717) is 19.5 Å². The molecule has 0 aromatic carbocycles. The van der Waals surface area contributed by atoms with E-state index >= 15 is 0 Å². The van der Waals surface area contributed by atoms with Crippen LogP contribution >= 0.6 is 0 Å². The van der Waals surface area contributed by atoms with Crippen LogP contribution < -0.4 is 16.2 Å². The van der Waals surface area contributed by atoms with Crippen molar-refractivity contribution in [1.29, 1.82) is 0 Å². The summed E-state index contributed by atoms with van der Waals surface area (Å²) in [4.78, 5) is 8.76. The molecule has 0 aliphatic heterocycles. The normalized spacial score (nSPS) is 11.5. The van der Waals surface area contributed by atoms with Crippen LogP contribution in [0.2, 0.25) is 0 Å². The fourth-order valence-corrected chi connectivity index (χ4v) is 1.50. The highest BCUT2D eigenvalue weighted by Crippen LogP contribution is 2.30. The largest absolute Gasteiger partial charge is 0.433 e. The molecule has 1 aromatic heterocycles. The van der Waals surface area contributed by atoms with Gasteiger partial charge in [0.15, 0.2) is 5.69 Å². The summed E-state index contributed by atoms with van der Waals surface area (Å²) in [5.74, 6) is 4.89. The SMILES string of the molecule is CCN(CCCO)c1cc(C(F)(F)F)nc(NN)n1. The van der Waals surface area contributed by atoms with Crippen LogP contribution in [-0.2, 0) is 6.18 Å². The smallest absolute Gasteiger partial charge is 0.396 e. The number of nitrogens with two attached hydrogens (primary N) is 1. The molecule has 0 aliphatic rings. The minimum atomic E-state index is -4.57. The Hall–Kier alpha value is -1.61. The maximum atomic E-state index is 12.7. The molecule has 0 atom stereocenters. The molecule has 0 aliphatic carbocycles. The average Bonchev–Trinajstić information content (AvgIpc) is 2.38. The molecule has 6 nitrogen and oxygen atoms in total. The Kier molecular flexibility index (Phi) is 5.31. The Balaban J connectivity index is 3.11. The first-order valence-corrected chi connectivity index (χ1v) is 5.71. The molecule has 108 valence electrons. The van der Waals surface area contributed by atoms with Gasteiger partial charge in [-0.2, -0.15) is 18.2 Å². The van der Waals surface area contributed by atoms with Crippen molar-refractivity contribution in [3.05, 3.63) is 11.8 Å². The van der Waals surface area contributed by atoms with Gasteiger partial charge in [-0.3, -0.25) is 5.43 Å². The fraction of sp³-hybridized carbons (Fsp3) is 0.600. The Morgan fingerprint density at radius 2 is 2.11 bits per heavy atom. The van der Waals surface area contributed by atoms with Crippen molar-refractivity contribution in [3.63, 3.8) is 0 Å². The third kappa shape index (κ3) is 4.21. The first-order chi connectivity index (χ1) is 8.92. The molecule has 1 rings (SSSR count). The highest BCUT2D eigenvalue weighted by Gasteiger charge is 2.34. The Morgan fingerprint density at radius 3 is 2.58 bits per heavy atom. The van der Waals surface area contributed by atoms with Gasteiger partial charge in [-0.1, -0.05) is 0 Å². The molecule has 0 bridgehead atoms. The molecule has 9 heteroatoms. The molecular formula is C10H16F3N5O. The molecule has 1 aromatic rings. The van der Waals surface area contributed by atoms with Gasteiger partial charge in [0.2, 0.25) is 5.95 Å². The zero-order chi connectivity index (χ0) is 14.5. The number of halogens is 3. The van der Waals surface area contributed by atoms with Crippen LogP contribution in [0.15, 0.2) is 6.07 Å². The molecule has 0 spiro atoms. The minimum absolute atomic E-state index is 0.0459. The monoisotopic (exact) mass is 279 g/mol. The summed E-state index contributed by atoms with van der Waals surface area (Å²) in [5.41, 5.74) is 0.955. The third-order valence-corrected chi connectivity index (χ3v) is 2.42. The molecule has 19 heavy (non-hydrogen) atoms. The van der Waals surface area contributed by atoms with Gasteiger partial charge in [-0.25, -0.2) is 10.8 Å². The van der Waals surface area contributed by atoms with E-state index in [1.807, 2.05) is 5.43 Å². The molecule has 0 radical (unpaired) electrons. The topological polar surface area (TPSA) is 87.3 Å². The second-order valence-electron chi connectivity index (χ2n) is 3.73. The van der Waals surface area contributed by atoms with Crippen LogP contribution in [0.1, 0.15) is 19.0 Å². The second kappa shape index (κ2) is 6.53. The van der Waals surface area contributed by atoms with Gasteiger partial charge < -0.3 is 10.0 Å². The lowest BCUT2D eigenvalue weighted by atomic mass is 10.3. The van der Waals surface area contributed by atoms with Crippen molar-refractivity contribution in [2.24, 2.45) is 5.84 Å². The zero-order valence-electron chi connectivity index (χ0n) is 10.4. The molecular weight excluding hydrogens is 263 g/mol. The standard InChI is InChI=1S/C10H16F3N5O/c1-2-18(4-3-5-19)8-6-7(10(11,12)13)15-9(16-8)17-14/h6,19H,2-5,14H2,1H3,(H,15,16,17). The molecule has 0 amide bonds. The quantitative estimate of drug-likeness (QED) is 0.532. The van der Waals surface area contributed by atoms with Crippen LogP contribution in [0.4, 0.5) is 24.9 Å². The molecule has 0 saturated carbocycles. The van der Waals surface area contributed by atoms with Crippen molar-refractivity contribution in [2.45, 2.75) is 19.5 Å². The van der Waals surface area contributed by atoms with E-state index in [4.69, 9.17) is 10.9 Å². The van der Waals surface area contributed by atoms with Crippen molar-refractivity contribution < 1.29 is 18.3 Å². The number of hydrogen-bond acceptors (Lipinski definition) is 6. The van der Waals surface area contributed by atoms with E-state index in [1.54, 1.807) is 11.8 Å². The average molecular weight is 279 g/mol. The van der Waals surface area contributed by atoms with E-state index in [-0.39, 0.29) is 18.4 Å². The number of hydrogen-bond donors (Lipinski definition) is 3. The summed E-state index contributed by atoms with van der Waals surface area (Å²) in [6.45, 7) is 2.58. The lowest BCUT2D eigenvalue weighted by molar-refractivity contribution is -0.141. The molecule has 1 heterocycles. The maximum Gasteiger partial charge on any atom is 0.433 e. The molecule has 0 saturated heterocycles. The summed E-state index contributed by atoms with van der Waals surface area (Å²) in [6, 6.07) is 0.863. The molecule has 0 fully saturated rings. The number of rotatable bonds is 6. The zero-order valence-corrected chi connectivity index (χ0v) is 10.4. The summed E-state index contributed by atoms with van der Waals surface area (Å²) < 4.78 is 38.1. The van der Waals surface area contributed by atoms with Crippen LogP contribution in [0, 0.1) is 0 Å². The van der Waals surface area contributed by atoms with Crippen molar-refractivity contribution >= 4 is 11.8 Å². The highest BCUT2D eigenvalue weighted by atomic mass is 19.4. The van der Waals surface area contributed by atoms with Crippen molar-refractivity contribution in [2.75, 3.05) is 30.0 Å². The Morgan fingerprint density at radius 1 is 1.42 bits per heavy atom. The minimum Gasteiger partial charge on any atom is -0.396 e. The number of aliphatic hydroxyl groups is 1. The summed E-state index contributed by atoms with van der Waals surface area (Å²) in [7, 11) is 0. The maximum absolute atomic E-state index is 12.7. The van der Waals surface area contributed by atoms with E-state index < -0.39 is 11.9 Å². The van der Waals surface area contributed by atoms with Crippen molar-refractivity contribution in [3.8, 4) is 0 Å². The van der Waals surface area contributed by atoms with E-state index in [1.165, 1.54) is 0 Å². The van der Waals surface area contributed by atoms with Gasteiger partial charge >= 0.3 is 6.18 Å². The van der Waals surface area contributed by atoms with Gasteiger partial charge in [0.1, 0.15) is 5.82 Å². The van der Waals surface area contributed by atoms with E-state index in [2.05, 4.69) is 9.97 Å². The Bertz CT molecular complexity index is 413. The lowest BCUT2D eigenvalue weighted by Crippen LogP contribution is -2.27. The third-order valence-electron chi connectivity index (χ3n) is 2.42. The first kappa shape index (κ1) is 15.4. The van der Waals surface area contributed by atoms with E-state index in [9.17, 15) is 13.2 Å². The number of nitrogens with one attached hydrogen (secondary N) is 1. The number of nitrogens with zero attached hydrogens (tertiary/aromatic N) is 3. The Labute approximate surface area is 108 Å². The van der Waals surface area contributed by atoms with E-state index in [0.717, 1.165) is 6.07 Å². The molecule has 4 N–H and O–H groups in total.